The molecule has 0 spiro atoms. The second kappa shape index (κ2) is 6.53. The van der Waals surface area contributed by atoms with E-state index in [-0.39, 0.29) is 0 Å². The molecule has 0 aromatic rings. The Balaban J connectivity index is 1.73. The van der Waals surface area contributed by atoms with Crippen LogP contribution in [0.25, 0.3) is 0 Å². The Morgan fingerprint density at radius 1 is 1.39 bits per heavy atom. The quantitative estimate of drug-likeness (QED) is 0.813. The first-order valence-corrected chi connectivity index (χ1v) is 7.35. The molecule has 0 aliphatic carbocycles. The Labute approximate surface area is 111 Å². The molecule has 2 aliphatic heterocycles. The summed E-state index contributed by atoms with van der Waals surface area (Å²) in [5.41, 5.74) is 0. The van der Waals surface area contributed by atoms with Crippen LogP contribution in [0.3, 0.4) is 0 Å². The van der Waals surface area contributed by atoms with Crippen molar-refractivity contribution in [2.75, 3.05) is 39.8 Å². The molecule has 1 amide bonds. The van der Waals surface area contributed by atoms with Crippen molar-refractivity contribution in [1.29, 1.82) is 0 Å². The fourth-order valence-corrected chi connectivity index (χ4v) is 3.19. The summed E-state index contributed by atoms with van der Waals surface area (Å²) in [7, 11) is 2.19. The summed E-state index contributed by atoms with van der Waals surface area (Å²) in [4.78, 5) is 16.7. The van der Waals surface area contributed by atoms with Gasteiger partial charge in [0.05, 0.1) is 0 Å². The van der Waals surface area contributed by atoms with Gasteiger partial charge in [0.15, 0.2) is 0 Å². The molecular weight excluding hydrogens is 226 g/mol. The van der Waals surface area contributed by atoms with Gasteiger partial charge in [0, 0.05) is 38.6 Å². The van der Waals surface area contributed by atoms with Gasteiger partial charge in [-0.25, -0.2) is 0 Å². The zero-order chi connectivity index (χ0) is 13.0. The lowest BCUT2D eigenvalue weighted by atomic mass is 9.93. The Hall–Kier alpha value is -0.610. The number of likely N-dealkylation sites (tertiary alicyclic amines) is 1. The number of nitrogens with zero attached hydrogens (tertiary/aromatic N) is 2. The van der Waals surface area contributed by atoms with Crippen LogP contribution in [0.1, 0.15) is 32.6 Å². The number of piperazine rings is 1. The lowest BCUT2D eigenvalue weighted by molar-refractivity contribution is -0.134. The predicted molar refractivity (Wildman–Crippen MR) is 73.5 cm³/mol. The van der Waals surface area contributed by atoms with Gasteiger partial charge in [-0.2, -0.15) is 0 Å². The van der Waals surface area contributed by atoms with Crippen molar-refractivity contribution in [2.45, 2.75) is 38.6 Å². The minimum atomic E-state index is 0.359. The van der Waals surface area contributed by atoms with Crippen LogP contribution < -0.4 is 5.32 Å². The maximum atomic E-state index is 12.2. The first-order chi connectivity index (χ1) is 8.66. The molecule has 2 rings (SSSR count). The number of rotatable bonds is 3. The standard InChI is InChI=1S/C14H27N3O/c1-12-10-15-7-9-17(12)14(18)6-5-13-4-3-8-16(2)11-13/h12-13,15H,3-11H2,1-2H3. The molecule has 18 heavy (non-hydrogen) atoms. The summed E-state index contributed by atoms with van der Waals surface area (Å²) in [6, 6.07) is 0.361. The molecule has 0 aromatic heterocycles. The lowest BCUT2D eigenvalue weighted by Crippen LogP contribution is -2.52. The largest absolute Gasteiger partial charge is 0.337 e. The first-order valence-electron chi connectivity index (χ1n) is 7.35. The molecule has 2 unspecified atom stereocenters. The van der Waals surface area contributed by atoms with Crippen LogP contribution in [0.2, 0.25) is 0 Å². The van der Waals surface area contributed by atoms with Crippen molar-refractivity contribution in [3.05, 3.63) is 0 Å². The van der Waals surface area contributed by atoms with Gasteiger partial charge >= 0.3 is 0 Å². The van der Waals surface area contributed by atoms with E-state index in [1.165, 1.54) is 25.9 Å². The van der Waals surface area contributed by atoms with Crippen LogP contribution in [0, 0.1) is 5.92 Å². The molecule has 0 aromatic carbocycles. The molecule has 0 saturated carbocycles. The highest BCUT2D eigenvalue weighted by Gasteiger charge is 2.24. The van der Waals surface area contributed by atoms with E-state index in [1.807, 2.05) is 0 Å². The van der Waals surface area contributed by atoms with Crippen molar-refractivity contribution in [2.24, 2.45) is 5.92 Å². The lowest BCUT2D eigenvalue weighted by Gasteiger charge is -2.35. The number of nitrogens with one attached hydrogen (secondary N) is 1. The van der Waals surface area contributed by atoms with Gasteiger partial charge in [0.1, 0.15) is 0 Å². The van der Waals surface area contributed by atoms with E-state index in [1.54, 1.807) is 0 Å². The molecule has 2 saturated heterocycles. The van der Waals surface area contributed by atoms with Crippen LogP contribution in [0.15, 0.2) is 0 Å². The summed E-state index contributed by atoms with van der Waals surface area (Å²) in [5.74, 6) is 1.09. The molecule has 0 bridgehead atoms. The van der Waals surface area contributed by atoms with E-state index in [0.29, 0.717) is 11.9 Å². The average molecular weight is 253 g/mol. The highest BCUT2D eigenvalue weighted by Crippen LogP contribution is 2.20. The Morgan fingerprint density at radius 3 is 2.94 bits per heavy atom. The number of amides is 1. The summed E-state index contributed by atoms with van der Waals surface area (Å²) >= 11 is 0. The van der Waals surface area contributed by atoms with Crippen molar-refractivity contribution in [3.8, 4) is 0 Å². The third-order valence-corrected chi connectivity index (χ3v) is 4.31. The van der Waals surface area contributed by atoms with E-state index in [2.05, 4.69) is 29.1 Å². The van der Waals surface area contributed by atoms with Crippen molar-refractivity contribution < 1.29 is 4.79 Å². The monoisotopic (exact) mass is 253 g/mol. The maximum absolute atomic E-state index is 12.2. The highest BCUT2D eigenvalue weighted by atomic mass is 16.2. The number of hydrogen-bond acceptors (Lipinski definition) is 3. The van der Waals surface area contributed by atoms with Crippen molar-refractivity contribution >= 4 is 5.91 Å². The van der Waals surface area contributed by atoms with E-state index in [9.17, 15) is 4.79 Å². The van der Waals surface area contributed by atoms with Gasteiger partial charge in [0.25, 0.3) is 0 Å². The van der Waals surface area contributed by atoms with Gasteiger partial charge < -0.3 is 15.1 Å². The smallest absolute Gasteiger partial charge is 0.222 e. The molecule has 104 valence electrons. The second-order valence-corrected chi connectivity index (χ2v) is 5.95. The van der Waals surface area contributed by atoms with Crippen LogP contribution in [-0.2, 0) is 4.79 Å². The molecule has 4 nitrogen and oxygen atoms in total. The zero-order valence-electron chi connectivity index (χ0n) is 11.8. The fourth-order valence-electron chi connectivity index (χ4n) is 3.19. The number of carbonyl (C=O) groups is 1. The molecular formula is C14H27N3O. The maximum Gasteiger partial charge on any atom is 0.222 e. The van der Waals surface area contributed by atoms with Gasteiger partial charge in [-0.1, -0.05) is 0 Å². The van der Waals surface area contributed by atoms with Crippen LogP contribution in [0.4, 0.5) is 0 Å². The molecule has 2 fully saturated rings. The summed E-state index contributed by atoms with van der Waals surface area (Å²) in [6.45, 7) is 7.30. The fraction of sp³-hybridized carbons (Fsp3) is 0.929. The van der Waals surface area contributed by atoms with Crippen molar-refractivity contribution in [3.63, 3.8) is 0 Å². The van der Waals surface area contributed by atoms with Crippen LogP contribution >= 0.6 is 0 Å². The second-order valence-electron chi connectivity index (χ2n) is 5.95. The van der Waals surface area contributed by atoms with E-state index in [4.69, 9.17) is 0 Å². The Kier molecular flexibility index (Phi) is 5.01. The normalized spacial score (nSPS) is 30.4. The molecule has 2 aliphatic rings. The first kappa shape index (κ1) is 13.8. The topological polar surface area (TPSA) is 35.6 Å². The Morgan fingerprint density at radius 2 is 2.22 bits per heavy atom. The third kappa shape index (κ3) is 3.69. The van der Waals surface area contributed by atoms with E-state index >= 15 is 0 Å². The van der Waals surface area contributed by atoms with Gasteiger partial charge in [-0.15, -0.1) is 0 Å². The third-order valence-electron chi connectivity index (χ3n) is 4.31. The van der Waals surface area contributed by atoms with Gasteiger partial charge in [-0.3, -0.25) is 4.79 Å². The molecule has 0 radical (unpaired) electrons. The Bertz CT molecular complexity index is 282. The number of carbonyl (C=O) groups excluding carboxylic acids is 1. The van der Waals surface area contributed by atoms with Crippen LogP contribution in [0.5, 0.6) is 0 Å². The molecule has 2 atom stereocenters. The predicted octanol–water partition coefficient (Wildman–Crippen LogP) is 0.929. The summed E-state index contributed by atoms with van der Waals surface area (Å²) < 4.78 is 0. The zero-order valence-corrected chi connectivity index (χ0v) is 11.8. The minimum Gasteiger partial charge on any atom is -0.337 e. The highest BCUT2D eigenvalue weighted by molar-refractivity contribution is 5.76. The SMILES string of the molecule is CC1CNCCN1C(=O)CCC1CCCN(C)C1. The van der Waals surface area contributed by atoms with Gasteiger partial charge in [-0.05, 0) is 45.7 Å². The van der Waals surface area contributed by atoms with Gasteiger partial charge in [0.2, 0.25) is 5.91 Å². The van der Waals surface area contributed by atoms with E-state index < -0.39 is 0 Å². The molecule has 4 heteroatoms. The van der Waals surface area contributed by atoms with Crippen LogP contribution in [-0.4, -0.2) is 61.5 Å². The minimum absolute atomic E-state index is 0.359. The average Bonchev–Trinajstić information content (AvgIpc) is 2.37. The molecule has 2 heterocycles. The summed E-state index contributed by atoms with van der Waals surface area (Å²) in [6.07, 6.45) is 4.40. The number of piperidine rings is 1. The van der Waals surface area contributed by atoms with E-state index in [0.717, 1.165) is 38.4 Å². The molecule has 1 N–H and O–H groups in total. The van der Waals surface area contributed by atoms with Crippen molar-refractivity contribution in [1.82, 2.24) is 15.1 Å². The summed E-state index contributed by atoms with van der Waals surface area (Å²) in [5, 5.41) is 3.33. The number of hydrogen-bond donors (Lipinski definition) is 1.